The fraction of sp³-hybridized carbons (Fsp3) is 0.647. The predicted octanol–water partition coefficient (Wildman–Crippen LogP) is 4.16. The van der Waals surface area contributed by atoms with Crippen molar-refractivity contribution in [2.75, 3.05) is 0 Å². The van der Waals surface area contributed by atoms with Crippen molar-refractivity contribution in [1.29, 1.82) is 0 Å². The van der Waals surface area contributed by atoms with Crippen LogP contribution in [0.5, 0.6) is 0 Å². The zero-order valence-corrected chi connectivity index (χ0v) is 14.2. The average Bonchev–Trinajstić information content (AvgIpc) is 2.38. The summed E-state index contributed by atoms with van der Waals surface area (Å²) >= 11 is 0. The van der Waals surface area contributed by atoms with Crippen LogP contribution in [0.1, 0.15) is 45.6 Å². The number of hydrogen-bond donors (Lipinski definition) is 0. The van der Waals surface area contributed by atoms with Gasteiger partial charge in [0.1, 0.15) is 0 Å². The second-order valence-corrected chi connectivity index (χ2v) is 8.30. The monoisotopic (exact) mass is 310 g/mol. The Labute approximate surface area is 128 Å². The molecule has 3 nitrogen and oxygen atoms in total. The molecule has 1 fully saturated rings. The fourth-order valence-electron chi connectivity index (χ4n) is 3.15. The van der Waals surface area contributed by atoms with E-state index in [4.69, 9.17) is 4.18 Å². The van der Waals surface area contributed by atoms with E-state index in [9.17, 15) is 8.42 Å². The topological polar surface area (TPSA) is 43.4 Å². The van der Waals surface area contributed by atoms with Gasteiger partial charge in [-0.25, -0.2) is 0 Å². The first kappa shape index (κ1) is 16.5. The van der Waals surface area contributed by atoms with Crippen LogP contribution in [0.15, 0.2) is 29.2 Å². The molecule has 3 atom stereocenters. The minimum Gasteiger partial charge on any atom is -0.263 e. The summed E-state index contributed by atoms with van der Waals surface area (Å²) in [6.45, 7) is 8.41. The standard InChI is InChI=1S/C17H26O3S/c1-12(2)16-10-7-14(4)11-17(16)20-21(18,19)15-8-5-13(3)6-9-15/h5-6,8-9,12,14,16-17H,7,10-11H2,1-4H3. The zero-order valence-electron chi connectivity index (χ0n) is 13.4. The third-order valence-electron chi connectivity index (χ3n) is 4.52. The molecule has 1 aromatic carbocycles. The van der Waals surface area contributed by atoms with Crippen LogP contribution in [-0.4, -0.2) is 14.5 Å². The number of hydrogen-bond acceptors (Lipinski definition) is 3. The van der Waals surface area contributed by atoms with E-state index in [-0.39, 0.29) is 11.0 Å². The minimum absolute atomic E-state index is 0.194. The Hall–Kier alpha value is -0.870. The zero-order chi connectivity index (χ0) is 15.6. The summed E-state index contributed by atoms with van der Waals surface area (Å²) in [6.07, 6.45) is 2.84. The van der Waals surface area contributed by atoms with Gasteiger partial charge < -0.3 is 0 Å². The van der Waals surface area contributed by atoms with Gasteiger partial charge in [-0.3, -0.25) is 4.18 Å². The molecule has 0 bridgehead atoms. The van der Waals surface area contributed by atoms with Crippen LogP contribution in [0.4, 0.5) is 0 Å². The Morgan fingerprint density at radius 1 is 1.14 bits per heavy atom. The van der Waals surface area contributed by atoms with Gasteiger partial charge in [0, 0.05) is 0 Å². The molecule has 0 radical (unpaired) electrons. The number of benzene rings is 1. The molecule has 0 spiro atoms. The van der Waals surface area contributed by atoms with Gasteiger partial charge >= 0.3 is 0 Å². The number of rotatable bonds is 4. The van der Waals surface area contributed by atoms with Crippen molar-refractivity contribution in [3.8, 4) is 0 Å². The van der Waals surface area contributed by atoms with E-state index in [1.54, 1.807) is 24.3 Å². The molecule has 3 unspecified atom stereocenters. The molecule has 0 N–H and O–H groups in total. The summed E-state index contributed by atoms with van der Waals surface area (Å²) < 4.78 is 30.5. The Balaban J connectivity index is 2.19. The van der Waals surface area contributed by atoms with Gasteiger partial charge in [0.25, 0.3) is 10.1 Å². The summed E-state index contributed by atoms with van der Waals surface area (Å²) in [7, 11) is -3.67. The Bertz CT molecular complexity index is 560. The first-order valence-corrected chi connectivity index (χ1v) is 9.20. The first-order valence-electron chi connectivity index (χ1n) is 7.79. The second kappa shape index (κ2) is 6.49. The van der Waals surface area contributed by atoms with Crippen LogP contribution in [0, 0.1) is 24.7 Å². The molecule has 118 valence electrons. The Morgan fingerprint density at radius 3 is 2.33 bits per heavy atom. The van der Waals surface area contributed by atoms with Crippen molar-refractivity contribution >= 4 is 10.1 Å². The maximum absolute atomic E-state index is 12.5. The van der Waals surface area contributed by atoms with Crippen LogP contribution in [-0.2, 0) is 14.3 Å². The molecular weight excluding hydrogens is 284 g/mol. The quantitative estimate of drug-likeness (QED) is 0.784. The molecule has 1 aliphatic rings. The highest BCUT2D eigenvalue weighted by Crippen LogP contribution is 2.36. The average molecular weight is 310 g/mol. The summed E-state index contributed by atoms with van der Waals surface area (Å²) in [6, 6.07) is 6.86. The van der Waals surface area contributed by atoms with Crippen LogP contribution >= 0.6 is 0 Å². The third-order valence-corrected chi connectivity index (χ3v) is 5.87. The maximum atomic E-state index is 12.5. The maximum Gasteiger partial charge on any atom is 0.297 e. The molecule has 0 saturated heterocycles. The van der Waals surface area contributed by atoms with Gasteiger partial charge in [0.05, 0.1) is 11.0 Å². The smallest absolute Gasteiger partial charge is 0.263 e. The molecule has 2 rings (SSSR count). The van der Waals surface area contributed by atoms with Crippen LogP contribution in [0.2, 0.25) is 0 Å². The van der Waals surface area contributed by atoms with Gasteiger partial charge in [0.2, 0.25) is 0 Å². The normalized spacial score (nSPS) is 27.0. The highest BCUT2D eigenvalue weighted by atomic mass is 32.2. The molecule has 0 heterocycles. The van der Waals surface area contributed by atoms with Crippen molar-refractivity contribution in [3.63, 3.8) is 0 Å². The summed E-state index contributed by atoms with van der Waals surface area (Å²) in [5.41, 5.74) is 1.04. The van der Waals surface area contributed by atoms with Gasteiger partial charge in [-0.1, -0.05) is 44.9 Å². The van der Waals surface area contributed by atoms with Crippen LogP contribution in [0.3, 0.4) is 0 Å². The van der Waals surface area contributed by atoms with E-state index in [2.05, 4.69) is 20.8 Å². The van der Waals surface area contributed by atoms with Crippen molar-refractivity contribution in [1.82, 2.24) is 0 Å². The summed E-state index contributed by atoms with van der Waals surface area (Å²) in [4.78, 5) is 0.258. The van der Waals surface area contributed by atoms with E-state index in [0.717, 1.165) is 24.8 Å². The molecule has 0 amide bonds. The number of aryl methyl sites for hydroxylation is 1. The lowest BCUT2D eigenvalue weighted by molar-refractivity contribution is 0.0511. The van der Waals surface area contributed by atoms with Gasteiger partial charge in [0.15, 0.2) is 0 Å². The van der Waals surface area contributed by atoms with Crippen molar-refractivity contribution in [3.05, 3.63) is 29.8 Å². The molecule has 1 saturated carbocycles. The molecule has 21 heavy (non-hydrogen) atoms. The fourth-order valence-corrected chi connectivity index (χ4v) is 4.28. The first-order chi connectivity index (χ1) is 9.79. The van der Waals surface area contributed by atoms with Crippen molar-refractivity contribution in [2.24, 2.45) is 17.8 Å². The summed E-state index contributed by atoms with van der Waals surface area (Å²) in [5.74, 6) is 1.29. The van der Waals surface area contributed by atoms with E-state index in [1.807, 2.05) is 6.92 Å². The van der Waals surface area contributed by atoms with Crippen LogP contribution < -0.4 is 0 Å². The highest BCUT2D eigenvalue weighted by Gasteiger charge is 2.35. The third kappa shape index (κ3) is 4.07. The van der Waals surface area contributed by atoms with E-state index < -0.39 is 10.1 Å². The molecule has 0 aromatic heterocycles. The highest BCUT2D eigenvalue weighted by molar-refractivity contribution is 7.86. The lowest BCUT2D eigenvalue weighted by Gasteiger charge is -2.36. The van der Waals surface area contributed by atoms with Gasteiger partial charge in [-0.2, -0.15) is 8.42 Å². The predicted molar refractivity (Wildman–Crippen MR) is 84.6 cm³/mol. The van der Waals surface area contributed by atoms with Crippen LogP contribution in [0.25, 0.3) is 0 Å². The lowest BCUT2D eigenvalue weighted by atomic mass is 9.75. The minimum atomic E-state index is -3.67. The van der Waals surface area contributed by atoms with Crippen molar-refractivity contribution < 1.29 is 12.6 Å². The van der Waals surface area contributed by atoms with E-state index >= 15 is 0 Å². The summed E-state index contributed by atoms with van der Waals surface area (Å²) in [5, 5.41) is 0. The van der Waals surface area contributed by atoms with E-state index in [1.165, 1.54) is 0 Å². The molecule has 1 aromatic rings. The molecular formula is C17H26O3S. The van der Waals surface area contributed by atoms with Crippen molar-refractivity contribution in [2.45, 2.75) is 58.0 Å². The SMILES string of the molecule is Cc1ccc(S(=O)(=O)OC2CC(C)CCC2C(C)C)cc1. The second-order valence-electron chi connectivity index (χ2n) is 6.73. The Kier molecular flexibility index (Phi) is 5.10. The molecule has 0 aliphatic heterocycles. The lowest BCUT2D eigenvalue weighted by Crippen LogP contribution is -2.35. The molecule has 1 aliphatic carbocycles. The van der Waals surface area contributed by atoms with Gasteiger partial charge in [-0.05, 0) is 49.7 Å². The largest absolute Gasteiger partial charge is 0.297 e. The van der Waals surface area contributed by atoms with E-state index in [0.29, 0.717) is 17.8 Å². The van der Waals surface area contributed by atoms with Gasteiger partial charge in [-0.15, -0.1) is 0 Å². The molecule has 4 heteroatoms. The Morgan fingerprint density at radius 2 is 1.76 bits per heavy atom.